The Bertz CT molecular complexity index is 373. The number of aliphatic hydroxyl groups is 1. The highest BCUT2D eigenvalue weighted by atomic mass is 16.5. The van der Waals surface area contributed by atoms with Crippen molar-refractivity contribution in [1.29, 1.82) is 0 Å². The van der Waals surface area contributed by atoms with Crippen LogP contribution in [0.1, 0.15) is 17.3 Å². The summed E-state index contributed by atoms with van der Waals surface area (Å²) in [5.41, 5.74) is 0.0833. The van der Waals surface area contributed by atoms with Gasteiger partial charge < -0.3 is 19.7 Å². The Kier molecular flexibility index (Phi) is 4.13. The number of benzene rings is 1. The van der Waals surface area contributed by atoms with Gasteiger partial charge in [0.25, 0.3) is 0 Å². The molecule has 0 aliphatic rings. The summed E-state index contributed by atoms with van der Waals surface area (Å²) >= 11 is 0. The summed E-state index contributed by atoms with van der Waals surface area (Å²) in [6.07, 6.45) is -0.612. The Morgan fingerprint density at radius 1 is 1.38 bits per heavy atom. The second-order valence-corrected chi connectivity index (χ2v) is 3.36. The van der Waals surface area contributed by atoms with Crippen LogP contribution < -0.4 is 9.47 Å². The van der Waals surface area contributed by atoms with E-state index in [0.29, 0.717) is 11.5 Å². The van der Waals surface area contributed by atoms with E-state index in [1.165, 1.54) is 19.2 Å². The van der Waals surface area contributed by atoms with Gasteiger partial charge in [-0.3, -0.25) is 0 Å². The zero-order valence-electron chi connectivity index (χ0n) is 9.14. The molecule has 5 heteroatoms. The monoisotopic (exact) mass is 226 g/mol. The Labute approximate surface area is 93.2 Å². The predicted octanol–water partition coefficient (Wildman–Crippen LogP) is 1.15. The van der Waals surface area contributed by atoms with Crippen molar-refractivity contribution in [3.8, 4) is 11.5 Å². The lowest BCUT2D eigenvalue weighted by molar-refractivity contribution is 0.0695. The van der Waals surface area contributed by atoms with Crippen LogP contribution in [0.15, 0.2) is 18.2 Å². The van der Waals surface area contributed by atoms with E-state index < -0.39 is 12.1 Å². The molecule has 1 aromatic carbocycles. The molecule has 0 fully saturated rings. The van der Waals surface area contributed by atoms with Gasteiger partial charge in [0.1, 0.15) is 18.1 Å². The van der Waals surface area contributed by atoms with Crippen molar-refractivity contribution in [3.63, 3.8) is 0 Å². The molecule has 16 heavy (non-hydrogen) atoms. The summed E-state index contributed by atoms with van der Waals surface area (Å²) < 4.78 is 10.2. The van der Waals surface area contributed by atoms with Gasteiger partial charge in [-0.05, 0) is 19.1 Å². The second-order valence-electron chi connectivity index (χ2n) is 3.36. The number of ether oxygens (including phenoxy) is 2. The molecule has 0 saturated heterocycles. The van der Waals surface area contributed by atoms with Gasteiger partial charge in [0, 0.05) is 6.07 Å². The van der Waals surface area contributed by atoms with E-state index in [9.17, 15) is 4.79 Å². The molecule has 1 rings (SSSR count). The van der Waals surface area contributed by atoms with E-state index in [4.69, 9.17) is 19.7 Å². The maximum absolute atomic E-state index is 10.8. The third-order valence-corrected chi connectivity index (χ3v) is 1.85. The first kappa shape index (κ1) is 12.3. The molecule has 0 spiro atoms. The van der Waals surface area contributed by atoms with Gasteiger partial charge in [-0.15, -0.1) is 0 Å². The van der Waals surface area contributed by atoms with Crippen molar-refractivity contribution in [2.45, 2.75) is 13.0 Å². The maximum Gasteiger partial charge on any atom is 0.335 e. The number of carboxylic acids is 1. The van der Waals surface area contributed by atoms with Crippen molar-refractivity contribution >= 4 is 5.97 Å². The summed E-state index contributed by atoms with van der Waals surface area (Å²) in [7, 11) is 1.44. The molecule has 2 N–H and O–H groups in total. The van der Waals surface area contributed by atoms with Crippen molar-refractivity contribution in [3.05, 3.63) is 23.8 Å². The number of methoxy groups -OCH3 is 1. The van der Waals surface area contributed by atoms with E-state index in [1.807, 2.05) is 0 Å². The Balaban J connectivity index is 2.90. The molecular weight excluding hydrogens is 212 g/mol. The number of aliphatic hydroxyl groups excluding tert-OH is 1. The lowest BCUT2D eigenvalue weighted by Gasteiger charge is -2.10. The second kappa shape index (κ2) is 5.37. The number of carbonyl (C=O) groups is 1. The van der Waals surface area contributed by atoms with Gasteiger partial charge in [-0.2, -0.15) is 0 Å². The zero-order chi connectivity index (χ0) is 12.1. The van der Waals surface area contributed by atoms with Gasteiger partial charge >= 0.3 is 5.97 Å². The van der Waals surface area contributed by atoms with Crippen LogP contribution in [0.3, 0.4) is 0 Å². The van der Waals surface area contributed by atoms with Crippen LogP contribution in [0.5, 0.6) is 11.5 Å². The minimum absolute atomic E-state index is 0.0833. The van der Waals surface area contributed by atoms with Gasteiger partial charge in [0.15, 0.2) is 0 Å². The topological polar surface area (TPSA) is 76.0 Å². The standard InChI is InChI=1S/C11H14O5/c1-7(12)6-16-10-4-8(11(13)14)3-9(5-10)15-2/h3-5,7,12H,6H2,1-2H3,(H,13,14)/t7-/m1/s1. The fraction of sp³-hybridized carbons (Fsp3) is 0.364. The van der Waals surface area contributed by atoms with Crippen molar-refractivity contribution < 1.29 is 24.5 Å². The van der Waals surface area contributed by atoms with Crippen molar-refractivity contribution in [1.82, 2.24) is 0 Å². The number of hydrogen-bond acceptors (Lipinski definition) is 4. The Morgan fingerprint density at radius 2 is 2.00 bits per heavy atom. The van der Waals surface area contributed by atoms with Crippen LogP contribution in [0, 0.1) is 0 Å². The summed E-state index contributed by atoms with van der Waals surface area (Å²) in [4.78, 5) is 10.8. The fourth-order valence-electron chi connectivity index (χ4n) is 1.11. The van der Waals surface area contributed by atoms with E-state index in [1.54, 1.807) is 13.0 Å². The minimum atomic E-state index is -1.05. The smallest absolute Gasteiger partial charge is 0.335 e. The van der Waals surface area contributed by atoms with Crippen LogP contribution in [0.4, 0.5) is 0 Å². The third kappa shape index (κ3) is 3.43. The van der Waals surface area contributed by atoms with E-state index in [0.717, 1.165) is 0 Å². The first-order valence-electron chi connectivity index (χ1n) is 4.76. The van der Waals surface area contributed by atoms with Crippen LogP contribution in [0.25, 0.3) is 0 Å². The van der Waals surface area contributed by atoms with E-state index in [-0.39, 0.29) is 12.2 Å². The molecule has 5 nitrogen and oxygen atoms in total. The molecule has 1 aromatic rings. The average Bonchev–Trinajstić information content (AvgIpc) is 2.25. The number of rotatable bonds is 5. The van der Waals surface area contributed by atoms with Crippen LogP contribution in [-0.2, 0) is 0 Å². The summed E-state index contributed by atoms with van der Waals surface area (Å²) in [6, 6.07) is 4.35. The van der Waals surface area contributed by atoms with E-state index in [2.05, 4.69) is 0 Å². The third-order valence-electron chi connectivity index (χ3n) is 1.85. The molecule has 0 aliphatic carbocycles. The quantitative estimate of drug-likeness (QED) is 0.787. The lowest BCUT2D eigenvalue weighted by atomic mass is 10.2. The van der Waals surface area contributed by atoms with E-state index >= 15 is 0 Å². The summed E-state index contributed by atoms with van der Waals surface area (Å²) in [5.74, 6) is -0.293. The highest BCUT2D eigenvalue weighted by molar-refractivity contribution is 5.88. The minimum Gasteiger partial charge on any atom is -0.497 e. The van der Waals surface area contributed by atoms with Crippen molar-refractivity contribution in [2.75, 3.05) is 13.7 Å². The van der Waals surface area contributed by atoms with Gasteiger partial charge in [-0.1, -0.05) is 0 Å². The zero-order valence-corrected chi connectivity index (χ0v) is 9.14. The molecule has 0 saturated carbocycles. The largest absolute Gasteiger partial charge is 0.497 e. The van der Waals surface area contributed by atoms with Gasteiger partial charge in [-0.25, -0.2) is 4.79 Å². The molecule has 0 unspecified atom stereocenters. The Hall–Kier alpha value is -1.75. The molecule has 88 valence electrons. The molecule has 0 heterocycles. The SMILES string of the molecule is COc1cc(OC[C@@H](C)O)cc(C(=O)O)c1. The highest BCUT2D eigenvalue weighted by Crippen LogP contribution is 2.22. The first-order valence-corrected chi connectivity index (χ1v) is 4.76. The van der Waals surface area contributed by atoms with Gasteiger partial charge in [0.05, 0.1) is 18.8 Å². The molecule has 0 bridgehead atoms. The van der Waals surface area contributed by atoms with Gasteiger partial charge in [0.2, 0.25) is 0 Å². The molecular formula is C11H14O5. The summed E-state index contributed by atoms with van der Waals surface area (Å²) in [5, 5.41) is 17.9. The number of carboxylic acid groups (broad SMARTS) is 1. The van der Waals surface area contributed by atoms with Crippen LogP contribution in [0.2, 0.25) is 0 Å². The maximum atomic E-state index is 10.8. The average molecular weight is 226 g/mol. The number of aromatic carboxylic acids is 1. The number of hydrogen-bond donors (Lipinski definition) is 2. The predicted molar refractivity (Wildman–Crippen MR) is 57.1 cm³/mol. The normalized spacial score (nSPS) is 11.9. The lowest BCUT2D eigenvalue weighted by Crippen LogP contribution is -2.13. The fourth-order valence-corrected chi connectivity index (χ4v) is 1.11. The molecule has 0 aliphatic heterocycles. The van der Waals surface area contributed by atoms with Crippen LogP contribution >= 0.6 is 0 Å². The molecule has 0 aromatic heterocycles. The molecule has 0 amide bonds. The summed E-state index contributed by atoms with van der Waals surface area (Å²) in [6.45, 7) is 1.69. The highest BCUT2D eigenvalue weighted by Gasteiger charge is 2.08. The first-order chi connectivity index (χ1) is 7.52. The Morgan fingerprint density at radius 3 is 2.50 bits per heavy atom. The van der Waals surface area contributed by atoms with Crippen LogP contribution in [-0.4, -0.2) is 36.0 Å². The van der Waals surface area contributed by atoms with Crippen molar-refractivity contribution in [2.24, 2.45) is 0 Å². The molecule has 1 atom stereocenters. The molecule has 0 radical (unpaired) electrons.